The SMILES string of the molecule is C[C@@H](NC(=O)COC(=O)COc1ccccc1)c1cc2ccccc2o1. The van der Waals surface area contributed by atoms with Crippen LogP contribution >= 0.6 is 0 Å². The fourth-order valence-corrected chi connectivity index (χ4v) is 2.42. The van der Waals surface area contributed by atoms with Crippen molar-refractivity contribution in [3.05, 3.63) is 66.4 Å². The van der Waals surface area contributed by atoms with E-state index in [1.54, 1.807) is 31.2 Å². The first-order valence-electron chi connectivity index (χ1n) is 8.23. The van der Waals surface area contributed by atoms with E-state index in [0.717, 1.165) is 11.0 Å². The fourth-order valence-electron chi connectivity index (χ4n) is 2.42. The third-order valence-corrected chi connectivity index (χ3v) is 3.71. The number of ether oxygens (including phenoxy) is 2. The highest BCUT2D eigenvalue weighted by molar-refractivity contribution is 5.82. The van der Waals surface area contributed by atoms with Crippen LogP contribution in [-0.4, -0.2) is 25.1 Å². The molecule has 1 aromatic heterocycles. The summed E-state index contributed by atoms with van der Waals surface area (Å²) >= 11 is 0. The minimum Gasteiger partial charge on any atom is -0.482 e. The van der Waals surface area contributed by atoms with Gasteiger partial charge >= 0.3 is 5.97 Å². The van der Waals surface area contributed by atoms with Crippen LogP contribution in [0.4, 0.5) is 0 Å². The van der Waals surface area contributed by atoms with E-state index in [1.165, 1.54) is 0 Å². The Bertz CT molecular complexity index is 854. The van der Waals surface area contributed by atoms with Crippen molar-refractivity contribution < 1.29 is 23.5 Å². The molecule has 1 atom stereocenters. The third kappa shape index (κ3) is 4.63. The molecule has 0 fully saturated rings. The lowest BCUT2D eigenvalue weighted by atomic mass is 10.2. The van der Waals surface area contributed by atoms with Crippen molar-refractivity contribution in [1.82, 2.24) is 5.32 Å². The van der Waals surface area contributed by atoms with Gasteiger partial charge in [0.1, 0.15) is 17.1 Å². The van der Waals surface area contributed by atoms with E-state index in [1.807, 2.05) is 36.4 Å². The molecule has 3 rings (SSSR count). The number of esters is 1. The van der Waals surface area contributed by atoms with Crippen molar-refractivity contribution >= 4 is 22.8 Å². The molecule has 0 aliphatic heterocycles. The first-order valence-corrected chi connectivity index (χ1v) is 8.23. The van der Waals surface area contributed by atoms with Gasteiger partial charge in [0.05, 0.1) is 6.04 Å². The largest absolute Gasteiger partial charge is 0.482 e. The molecule has 0 aliphatic rings. The average molecular weight is 353 g/mol. The maximum atomic E-state index is 11.9. The van der Waals surface area contributed by atoms with E-state index >= 15 is 0 Å². The van der Waals surface area contributed by atoms with Gasteiger partial charge in [-0.15, -0.1) is 0 Å². The minimum atomic E-state index is -0.611. The summed E-state index contributed by atoms with van der Waals surface area (Å²) in [5.41, 5.74) is 0.757. The van der Waals surface area contributed by atoms with Crippen LogP contribution in [0.15, 0.2) is 65.1 Å². The number of fused-ring (bicyclic) bond motifs is 1. The third-order valence-electron chi connectivity index (χ3n) is 3.71. The second kappa shape index (κ2) is 8.20. The van der Waals surface area contributed by atoms with Crippen molar-refractivity contribution in [1.29, 1.82) is 0 Å². The standard InChI is InChI=1S/C20H19NO5/c1-14(18-11-15-7-5-6-10-17(15)26-18)21-19(22)12-25-20(23)13-24-16-8-3-2-4-9-16/h2-11,14H,12-13H2,1H3,(H,21,22)/t14-/m1/s1. The molecule has 1 amide bonds. The van der Waals surface area contributed by atoms with Crippen LogP contribution in [0.5, 0.6) is 5.75 Å². The lowest BCUT2D eigenvalue weighted by Crippen LogP contribution is -2.31. The smallest absolute Gasteiger partial charge is 0.344 e. The van der Waals surface area contributed by atoms with E-state index in [4.69, 9.17) is 13.9 Å². The molecule has 1 N–H and O–H groups in total. The topological polar surface area (TPSA) is 77.8 Å². The molecule has 0 saturated carbocycles. The van der Waals surface area contributed by atoms with Gasteiger partial charge in [0.2, 0.25) is 0 Å². The van der Waals surface area contributed by atoms with Crippen molar-refractivity contribution in [3.8, 4) is 5.75 Å². The van der Waals surface area contributed by atoms with Crippen LogP contribution in [0.2, 0.25) is 0 Å². The number of nitrogens with one attached hydrogen (secondary N) is 1. The van der Waals surface area contributed by atoms with E-state index in [0.29, 0.717) is 11.5 Å². The lowest BCUT2D eigenvalue weighted by molar-refractivity contribution is -0.150. The minimum absolute atomic E-state index is 0.254. The van der Waals surface area contributed by atoms with Gasteiger partial charge in [-0.25, -0.2) is 4.79 Å². The summed E-state index contributed by atoms with van der Waals surface area (Å²) in [4.78, 5) is 23.6. The molecule has 26 heavy (non-hydrogen) atoms. The first-order chi connectivity index (χ1) is 12.6. The molecule has 3 aromatic rings. The lowest BCUT2D eigenvalue weighted by Gasteiger charge is -2.11. The Morgan fingerprint density at radius 2 is 1.77 bits per heavy atom. The molecule has 0 bridgehead atoms. The zero-order chi connectivity index (χ0) is 18.4. The quantitative estimate of drug-likeness (QED) is 0.660. The number of amides is 1. The van der Waals surface area contributed by atoms with Gasteiger partial charge < -0.3 is 19.2 Å². The zero-order valence-electron chi connectivity index (χ0n) is 14.3. The van der Waals surface area contributed by atoms with Crippen LogP contribution in [0.1, 0.15) is 18.7 Å². The summed E-state index contributed by atoms with van der Waals surface area (Å²) in [6.45, 7) is 1.17. The summed E-state index contributed by atoms with van der Waals surface area (Å²) in [7, 11) is 0. The molecule has 6 nitrogen and oxygen atoms in total. The Morgan fingerprint density at radius 1 is 1.04 bits per heavy atom. The number of benzene rings is 2. The predicted octanol–water partition coefficient (Wildman–Crippen LogP) is 3.23. The summed E-state index contributed by atoms with van der Waals surface area (Å²) in [5.74, 6) is 0.178. The number of para-hydroxylation sites is 2. The van der Waals surface area contributed by atoms with Crippen LogP contribution in [0.3, 0.4) is 0 Å². The Balaban J connectivity index is 1.43. The molecule has 0 saturated heterocycles. The molecule has 0 spiro atoms. The molecule has 6 heteroatoms. The Morgan fingerprint density at radius 3 is 2.54 bits per heavy atom. The normalized spacial score (nSPS) is 11.7. The Labute approximate surface area is 150 Å². The Hall–Kier alpha value is -3.28. The highest BCUT2D eigenvalue weighted by Crippen LogP contribution is 2.23. The number of carbonyl (C=O) groups is 2. The van der Waals surface area contributed by atoms with Crippen LogP contribution in [0.25, 0.3) is 11.0 Å². The van der Waals surface area contributed by atoms with Crippen molar-refractivity contribution in [3.63, 3.8) is 0 Å². The van der Waals surface area contributed by atoms with Crippen LogP contribution in [-0.2, 0) is 14.3 Å². The van der Waals surface area contributed by atoms with Gasteiger partial charge in [-0.05, 0) is 31.2 Å². The number of furan rings is 1. The summed E-state index contributed by atoms with van der Waals surface area (Å²) in [6, 6.07) is 18.0. The molecular formula is C20H19NO5. The summed E-state index contributed by atoms with van der Waals surface area (Å²) in [6.07, 6.45) is 0. The number of hydrogen-bond acceptors (Lipinski definition) is 5. The average Bonchev–Trinajstić information content (AvgIpc) is 3.10. The summed E-state index contributed by atoms with van der Waals surface area (Å²) in [5, 5.41) is 3.70. The number of carbonyl (C=O) groups excluding carboxylic acids is 2. The van der Waals surface area contributed by atoms with Gasteiger partial charge in [0, 0.05) is 5.39 Å². The predicted molar refractivity (Wildman–Crippen MR) is 95.7 cm³/mol. The number of rotatable bonds is 7. The monoisotopic (exact) mass is 353 g/mol. The highest BCUT2D eigenvalue weighted by atomic mass is 16.6. The van der Waals surface area contributed by atoms with E-state index in [-0.39, 0.29) is 19.3 Å². The maximum absolute atomic E-state index is 11.9. The fraction of sp³-hybridized carbons (Fsp3) is 0.200. The molecule has 1 heterocycles. The second-order valence-electron chi connectivity index (χ2n) is 5.74. The maximum Gasteiger partial charge on any atom is 0.344 e. The molecule has 134 valence electrons. The first kappa shape index (κ1) is 17.5. The zero-order valence-corrected chi connectivity index (χ0v) is 14.3. The van der Waals surface area contributed by atoms with E-state index in [2.05, 4.69) is 5.32 Å². The van der Waals surface area contributed by atoms with Gasteiger partial charge in [-0.2, -0.15) is 0 Å². The van der Waals surface area contributed by atoms with Crippen LogP contribution < -0.4 is 10.1 Å². The highest BCUT2D eigenvalue weighted by Gasteiger charge is 2.15. The molecule has 0 aliphatic carbocycles. The van der Waals surface area contributed by atoms with Gasteiger partial charge in [0.15, 0.2) is 13.2 Å². The van der Waals surface area contributed by atoms with Gasteiger partial charge in [-0.1, -0.05) is 36.4 Å². The van der Waals surface area contributed by atoms with E-state index in [9.17, 15) is 9.59 Å². The van der Waals surface area contributed by atoms with E-state index < -0.39 is 11.9 Å². The molecule has 0 unspecified atom stereocenters. The second-order valence-corrected chi connectivity index (χ2v) is 5.74. The van der Waals surface area contributed by atoms with Crippen molar-refractivity contribution in [2.75, 3.05) is 13.2 Å². The Kier molecular flexibility index (Phi) is 5.53. The van der Waals surface area contributed by atoms with Gasteiger partial charge in [0.25, 0.3) is 5.91 Å². The molecule has 0 radical (unpaired) electrons. The van der Waals surface area contributed by atoms with Gasteiger partial charge in [-0.3, -0.25) is 4.79 Å². The van der Waals surface area contributed by atoms with Crippen LogP contribution in [0, 0.1) is 0 Å². The summed E-state index contributed by atoms with van der Waals surface area (Å²) < 4.78 is 15.9. The van der Waals surface area contributed by atoms with Crippen molar-refractivity contribution in [2.45, 2.75) is 13.0 Å². The molecule has 2 aromatic carbocycles. The number of hydrogen-bond donors (Lipinski definition) is 1. The molecular weight excluding hydrogens is 334 g/mol. The van der Waals surface area contributed by atoms with Crippen molar-refractivity contribution in [2.24, 2.45) is 0 Å².